The van der Waals surface area contributed by atoms with E-state index in [4.69, 9.17) is 4.74 Å². The number of ether oxygens (including phenoxy) is 1. The molecule has 0 atom stereocenters. The summed E-state index contributed by atoms with van der Waals surface area (Å²) in [7, 11) is 1.62. The fourth-order valence-corrected chi connectivity index (χ4v) is 4.99. The standard InChI is InChI=1S/C22H17N5O2S2/c1-29-14-8-6-13(7-9-14)20-25-19(26-27-20)12-23-21(28)17-10-11-18(30-17)22-24-15-4-2-3-5-16(15)31-22/h2-11H,12H2,1H3,(H,23,28)(H,25,26,27). The number of carbonyl (C=O) groups excluding carboxylic acids is 1. The van der Waals surface area contributed by atoms with Gasteiger partial charge in [0.25, 0.3) is 5.91 Å². The minimum atomic E-state index is -0.153. The van der Waals surface area contributed by atoms with E-state index in [0.717, 1.165) is 31.4 Å². The molecule has 5 rings (SSSR count). The molecule has 0 unspecified atom stereocenters. The number of nitrogens with one attached hydrogen (secondary N) is 2. The maximum absolute atomic E-state index is 12.6. The summed E-state index contributed by atoms with van der Waals surface area (Å²) in [6, 6.07) is 19.3. The second kappa shape index (κ2) is 8.29. The van der Waals surface area contributed by atoms with Crippen molar-refractivity contribution in [1.82, 2.24) is 25.5 Å². The highest BCUT2D eigenvalue weighted by Crippen LogP contribution is 2.34. The smallest absolute Gasteiger partial charge is 0.261 e. The monoisotopic (exact) mass is 447 g/mol. The molecule has 0 aliphatic heterocycles. The van der Waals surface area contributed by atoms with E-state index in [1.807, 2.05) is 54.6 Å². The number of benzene rings is 2. The molecule has 3 aromatic heterocycles. The van der Waals surface area contributed by atoms with Gasteiger partial charge in [0.15, 0.2) is 5.82 Å². The average molecular weight is 448 g/mol. The summed E-state index contributed by atoms with van der Waals surface area (Å²) in [6.45, 7) is 0.260. The zero-order valence-corrected chi connectivity index (χ0v) is 18.1. The Morgan fingerprint density at radius 2 is 1.87 bits per heavy atom. The first kappa shape index (κ1) is 19.4. The van der Waals surface area contributed by atoms with Gasteiger partial charge >= 0.3 is 0 Å². The lowest BCUT2D eigenvalue weighted by Crippen LogP contribution is -2.22. The van der Waals surface area contributed by atoms with E-state index >= 15 is 0 Å². The first-order chi connectivity index (χ1) is 15.2. The van der Waals surface area contributed by atoms with Gasteiger partial charge in [-0.15, -0.1) is 22.7 Å². The normalized spacial score (nSPS) is 11.0. The molecule has 0 spiro atoms. The number of aromatic amines is 1. The highest BCUT2D eigenvalue weighted by atomic mass is 32.1. The van der Waals surface area contributed by atoms with Gasteiger partial charge in [-0.3, -0.25) is 9.89 Å². The highest BCUT2D eigenvalue weighted by molar-refractivity contribution is 7.26. The third-order valence-corrected chi connectivity index (χ3v) is 6.92. The first-order valence-electron chi connectivity index (χ1n) is 9.49. The van der Waals surface area contributed by atoms with Crippen LogP contribution >= 0.6 is 22.7 Å². The van der Waals surface area contributed by atoms with Gasteiger partial charge in [0.05, 0.1) is 33.6 Å². The summed E-state index contributed by atoms with van der Waals surface area (Å²) >= 11 is 3.05. The van der Waals surface area contributed by atoms with Crippen molar-refractivity contribution in [2.45, 2.75) is 6.54 Å². The fraction of sp³-hybridized carbons (Fsp3) is 0.0909. The zero-order chi connectivity index (χ0) is 21.2. The number of para-hydroxylation sites is 1. The van der Waals surface area contributed by atoms with Gasteiger partial charge in [0, 0.05) is 5.56 Å². The lowest BCUT2D eigenvalue weighted by Gasteiger charge is -2.00. The Hall–Kier alpha value is -3.56. The van der Waals surface area contributed by atoms with Crippen LogP contribution in [0.2, 0.25) is 0 Å². The Bertz CT molecular complexity index is 1320. The van der Waals surface area contributed by atoms with Crippen molar-refractivity contribution in [2.75, 3.05) is 7.11 Å². The number of carbonyl (C=O) groups is 1. The molecule has 2 aromatic carbocycles. The molecule has 0 saturated heterocycles. The van der Waals surface area contributed by atoms with Gasteiger partial charge in [-0.2, -0.15) is 5.10 Å². The molecule has 5 aromatic rings. The predicted molar refractivity (Wildman–Crippen MR) is 122 cm³/mol. The molecule has 7 nitrogen and oxygen atoms in total. The number of H-pyrrole nitrogens is 1. The van der Waals surface area contributed by atoms with E-state index in [0.29, 0.717) is 16.5 Å². The highest BCUT2D eigenvalue weighted by Gasteiger charge is 2.14. The van der Waals surface area contributed by atoms with E-state index in [2.05, 4.69) is 31.5 Å². The molecule has 0 fully saturated rings. The molecule has 31 heavy (non-hydrogen) atoms. The summed E-state index contributed by atoms with van der Waals surface area (Å²) in [5.41, 5.74) is 1.84. The number of rotatable bonds is 6. The number of amides is 1. The van der Waals surface area contributed by atoms with Crippen LogP contribution in [0.1, 0.15) is 15.5 Å². The third-order valence-electron chi connectivity index (χ3n) is 4.63. The van der Waals surface area contributed by atoms with E-state index < -0.39 is 0 Å². The van der Waals surface area contributed by atoms with Crippen LogP contribution in [0.25, 0.3) is 31.5 Å². The van der Waals surface area contributed by atoms with Crippen molar-refractivity contribution in [3.05, 3.63) is 71.4 Å². The van der Waals surface area contributed by atoms with Crippen LogP contribution in [-0.4, -0.2) is 33.2 Å². The van der Waals surface area contributed by atoms with Crippen LogP contribution in [0.3, 0.4) is 0 Å². The lowest BCUT2D eigenvalue weighted by atomic mass is 10.2. The van der Waals surface area contributed by atoms with Crippen molar-refractivity contribution < 1.29 is 9.53 Å². The number of nitrogens with zero attached hydrogens (tertiary/aromatic N) is 3. The Labute approximate surface area is 185 Å². The molecule has 0 bridgehead atoms. The second-order valence-corrected chi connectivity index (χ2v) is 8.78. The largest absolute Gasteiger partial charge is 0.497 e. The molecule has 154 valence electrons. The minimum Gasteiger partial charge on any atom is -0.497 e. The van der Waals surface area contributed by atoms with Crippen LogP contribution in [0.4, 0.5) is 0 Å². The van der Waals surface area contributed by atoms with Crippen LogP contribution < -0.4 is 10.1 Å². The van der Waals surface area contributed by atoms with Crippen molar-refractivity contribution in [2.24, 2.45) is 0 Å². The number of aromatic nitrogens is 4. The fourth-order valence-electron chi connectivity index (χ4n) is 3.05. The molecular formula is C22H17N5O2S2. The van der Waals surface area contributed by atoms with Crippen LogP contribution in [0, 0.1) is 0 Å². The van der Waals surface area contributed by atoms with E-state index in [1.165, 1.54) is 11.3 Å². The second-order valence-electron chi connectivity index (χ2n) is 6.67. The van der Waals surface area contributed by atoms with Crippen molar-refractivity contribution in [3.63, 3.8) is 0 Å². The average Bonchev–Trinajstić information content (AvgIpc) is 3.56. The summed E-state index contributed by atoms with van der Waals surface area (Å²) < 4.78 is 6.30. The minimum absolute atomic E-state index is 0.153. The number of hydrogen-bond acceptors (Lipinski definition) is 7. The van der Waals surface area contributed by atoms with Crippen molar-refractivity contribution in [3.8, 4) is 27.0 Å². The molecule has 0 aliphatic carbocycles. The Morgan fingerprint density at radius 1 is 1.03 bits per heavy atom. The Morgan fingerprint density at radius 3 is 2.68 bits per heavy atom. The van der Waals surface area contributed by atoms with Gasteiger partial charge < -0.3 is 10.1 Å². The van der Waals surface area contributed by atoms with Crippen molar-refractivity contribution in [1.29, 1.82) is 0 Å². The third kappa shape index (κ3) is 4.05. The van der Waals surface area contributed by atoms with Crippen LogP contribution in [-0.2, 0) is 6.54 Å². The maximum Gasteiger partial charge on any atom is 0.261 e. The Balaban J connectivity index is 1.24. The topological polar surface area (TPSA) is 92.8 Å². The quantitative estimate of drug-likeness (QED) is 0.392. The molecular weight excluding hydrogens is 430 g/mol. The van der Waals surface area contributed by atoms with E-state index in [1.54, 1.807) is 18.4 Å². The van der Waals surface area contributed by atoms with Gasteiger partial charge in [0.1, 0.15) is 16.6 Å². The van der Waals surface area contributed by atoms with E-state index in [-0.39, 0.29) is 12.5 Å². The summed E-state index contributed by atoms with van der Waals surface area (Å²) in [6.07, 6.45) is 0. The molecule has 9 heteroatoms. The van der Waals surface area contributed by atoms with Gasteiger partial charge in [-0.25, -0.2) is 9.97 Å². The van der Waals surface area contributed by atoms with E-state index in [9.17, 15) is 4.79 Å². The molecule has 3 heterocycles. The number of methoxy groups -OCH3 is 1. The number of hydrogen-bond donors (Lipinski definition) is 2. The predicted octanol–water partition coefficient (Wildman–Crippen LogP) is 4.75. The van der Waals surface area contributed by atoms with Gasteiger partial charge in [-0.1, -0.05) is 12.1 Å². The zero-order valence-electron chi connectivity index (χ0n) is 16.5. The number of thiophene rings is 1. The summed E-state index contributed by atoms with van der Waals surface area (Å²) in [4.78, 5) is 23.3. The van der Waals surface area contributed by atoms with Gasteiger partial charge in [-0.05, 0) is 48.5 Å². The molecule has 0 aliphatic rings. The lowest BCUT2D eigenvalue weighted by molar-refractivity contribution is 0.0954. The summed E-state index contributed by atoms with van der Waals surface area (Å²) in [5, 5.41) is 10.9. The molecule has 2 N–H and O–H groups in total. The SMILES string of the molecule is COc1ccc(-c2n[nH]c(CNC(=O)c3ccc(-c4nc5ccccc5s4)s3)n2)cc1. The van der Waals surface area contributed by atoms with Crippen LogP contribution in [0.15, 0.2) is 60.7 Å². The Kier molecular flexibility index (Phi) is 5.19. The number of fused-ring (bicyclic) bond motifs is 1. The molecule has 0 saturated carbocycles. The maximum atomic E-state index is 12.6. The van der Waals surface area contributed by atoms with Crippen molar-refractivity contribution >= 4 is 38.8 Å². The first-order valence-corrected chi connectivity index (χ1v) is 11.1. The number of thiazole rings is 1. The molecule has 1 amide bonds. The van der Waals surface area contributed by atoms with Crippen LogP contribution in [0.5, 0.6) is 5.75 Å². The van der Waals surface area contributed by atoms with Gasteiger partial charge in [0.2, 0.25) is 0 Å². The molecule has 0 radical (unpaired) electrons. The summed E-state index contributed by atoms with van der Waals surface area (Å²) in [5.74, 6) is 1.77.